The summed E-state index contributed by atoms with van der Waals surface area (Å²) in [5, 5.41) is 6.81. The van der Waals surface area contributed by atoms with Crippen LogP contribution in [0.25, 0.3) is 0 Å². The minimum atomic E-state index is 0. The zero-order valence-electron chi connectivity index (χ0n) is 14.9. The lowest BCUT2D eigenvalue weighted by Gasteiger charge is -2.30. The normalized spacial score (nSPS) is 24.1. The minimum Gasteiger partial charge on any atom is -0.374 e. The average molecular weight is 438 g/mol. The highest BCUT2D eigenvalue weighted by Gasteiger charge is 2.17. The van der Waals surface area contributed by atoms with E-state index in [4.69, 9.17) is 4.74 Å². The predicted octanol–water partition coefficient (Wildman–Crippen LogP) is 2.46. The van der Waals surface area contributed by atoms with E-state index in [1.54, 1.807) is 0 Å². The van der Waals surface area contributed by atoms with Crippen molar-refractivity contribution >= 4 is 29.9 Å². The topological polar surface area (TPSA) is 48.9 Å². The van der Waals surface area contributed by atoms with E-state index >= 15 is 0 Å². The first-order chi connectivity index (χ1) is 10.8. The van der Waals surface area contributed by atoms with Gasteiger partial charge in [-0.05, 0) is 25.8 Å². The molecular formula is C17H35IN4O. The number of morpholine rings is 1. The van der Waals surface area contributed by atoms with Gasteiger partial charge in [-0.3, -0.25) is 4.99 Å². The molecule has 2 fully saturated rings. The van der Waals surface area contributed by atoms with E-state index in [1.165, 1.54) is 44.9 Å². The first-order valence-corrected chi connectivity index (χ1v) is 9.02. The van der Waals surface area contributed by atoms with Gasteiger partial charge in [-0.1, -0.05) is 32.1 Å². The third-order valence-electron chi connectivity index (χ3n) is 4.87. The second-order valence-corrected chi connectivity index (χ2v) is 6.78. The van der Waals surface area contributed by atoms with Gasteiger partial charge in [0, 0.05) is 33.2 Å². The van der Waals surface area contributed by atoms with Gasteiger partial charge in [-0.25, -0.2) is 0 Å². The quantitative estimate of drug-likeness (QED) is 0.290. The lowest BCUT2D eigenvalue weighted by atomic mass is 9.86. The summed E-state index contributed by atoms with van der Waals surface area (Å²) >= 11 is 0. The van der Waals surface area contributed by atoms with E-state index in [9.17, 15) is 0 Å². The Morgan fingerprint density at radius 3 is 2.70 bits per heavy atom. The van der Waals surface area contributed by atoms with Crippen LogP contribution >= 0.6 is 24.0 Å². The monoisotopic (exact) mass is 438 g/mol. The molecule has 0 bridgehead atoms. The Balaban J connectivity index is 0.00000264. The lowest BCUT2D eigenvalue weighted by molar-refractivity contribution is -0.0161. The lowest BCUT2D eigenvalue weighted by Crippen LogP contribution is -2.48. The minimum absolute atomic E-state index is 0. The van der Waals surface area contributed by atoms with Gasteiger partial charge in [-0.15, -0.1) is 24.0 Å². The maximum atomic E-state index is 5.76. The van der Waals surface area contributed by atoms with Crippen LogP contribution in [-0.2, 0) is 4.74 Å². The number of rotatable bonds is 6. The van der Waals surface area contributed by atoms with E-state index in [0.29, 0.717) is 0 Å². The zero-order valence-corrected chi connectivity index (χ0v) is 17.2. The number of hydrogen-bond donors (Lipinski definition) is 2. The molecule has 2 N–H and O–H groups in total. The predicted molar refractivity (Wildman–Crippen MR) is 108 cm³/mol. The Labute approximate surface area is 159 Å². The first-order valence-electron chi connectivity index (χ1n) is 9.02. The van der Waals surface area contributed by atoms with Crippen molar-refractivity contribution in [1.29, 1.82) is 0 Å². The van der Waals surface area contributed by atoms with E-state index in [-0.39, 0.29) is 30.1 Å². The summed E-state index contributed by atoms with van der Waals surface area (Å²) in [6.07, 6.45) is 10.1. The smallest absolute Gasteiger partial charge is 0.191 e. The highest BCUT2D eigenvalue weighted by atomic mass is 127. The van der Waals surface area contributed by atoms with Crippen LogP contribution in [0.3, 0.4) is 0 Å². The molecule has 1 aliphatic carbocycles. The molecule has 0 amide bonds. The average Bonchev–Trinajstić information content (AvgIpc) is 2.55. The molecule has 0 spiro atoms. The summed E-state index contributed by atoms with van der Waals surface area (Å²) in [5.74, 6) is 1.87. The van der Waals surface area contributed by atoms with Crippen molar-refractivity contribution in [1.82, 2.24) is 15.5 Å². The Kier molecular flexibility index (Phi) is 11.2. The molecule has 0 aromatic heterocycles. The fourth-order valence-corrected chi connectivity index (χ4v) is 3.49. The molecule has 2 aliphatic rings. The van der Waals surface area contributed by atoms with Crippen molar-refractivity contribution in [2.75, 3.05) is 46.9 Å². The Morgan fingerprint density at radius 1 is 1.22 bits per heavy atom. The van der Waals surface area contributed by atoms with Crippen molar-refractivity contribution in [2.45, 2.75) is 51.0 Å². The van der Waals surface area contributed by atoms with E-state index in [2.05, 4.69) is 27.6 Å². The maximum absolute atomic E-state index is 5.76. The van der Waals surface area contributed by atoms with Crippen molar-refractivity contribution in [3.8, 4) is 0 Å². The fraction of sp³-hybridized carbons (Fsp3) is 0.941. The van der Waals surface area contributed by atoms with Crippen LogP contribution in [0.1, 0.15) is 44.9 Å². The number of hydrogen-bond acceptors (Lipinski definition) is 3. The second kappa shape index (κ2) is 12.3. The summed E-state index contributed by atoms with van der Waals surface area (Å²) in [7, 11) is 3.98. The molecule has 1 saturated carbocycles. The van der Waals surface area contributed by atoms with Crippen molar-refractivity contribution in [3.63, 3.8) is 0 Å². The molecule has 6 heteroatoms. The molecule has 0 radical (unpaired) electrons. The van der Waals surface area contributed by atoms with Crippen LogP contribution in [0.15, 0.2) is 4.99 Å². The summed E-state index contributed by atoms with van der Waals surface area (Å²) in [4.78, 5) is 6.62. The Morgan fingerprint density at radius 2 is 2.00 bits per heavy atom. The summed E-state index contributed by atoms with van der Waals surface area (Å²) < 4.78 is 5.76. The number of ether oxygens (including phenoxy) is 1. The second-order valence-electron chi connectivity index (χ2n) is 6.78. The fourth-order valence-electron chi connectivity index (χ4n) is 3.49. The van der Waals surface area contributed by atoms with Gasteiger partial charge in [0.1, 0.15) is 0 Å². The van der Waals surface area contributed by atoms with Gasteiger partial charge in [0.25, 0.3) is 0 Å². The summed E-state index contributed by atoms with van der Waals surface area (Å²) in [5.41, 5.74) is 0. The maximum Gasteiger partial charge on any atom is 0.191 e. The number of aliphatic imine (C=N–C) groups is 1. The molecule has 1 aliphatic heterocycles. The largest absolute Gasteiger partial charge is 0.374 e. The molecule has 0 aromatic carbocycles. The van der Waals surface area contributed by atoms with Gasteiger partial charge < -0.3 is 20.3 Å². The third-order valence-corrected chi connectivity index (χ3v) is 4.87. The summed E-state index contributed by atoms with van der Waals surface area (Å²) in [6.45, 7) is 4.70. The molecule has 23 heavy (non-hydrogen) atoms. The molecule has 136 valence electrons. The van der Waals surface area contributed by atoms with Crippen LogP contribution < -0.4 is 10.6 Å². The van der Waals surface area contributed by atoms with E-state index in [1.807, 2.05) is 7.05 Å². The molecular weight excluding hydrogens is 403 g/mol. The van der Waals surface area contributed by atoms with Crippen molar-refractivity contribution < 1.29 is 4.74 Å². The van der Waals surface area contributed by atoms with Gasteiger partial charge in [0.15, 0.2) is 5.96 Å². The standard InChI is InChI=1S/C17H34N4O.HI/c1-18-17(20-13-16-14-21(2)11-12-22-16)19-10-6-9-15-7-4-3-5-8-15;/h15-16H,3-14H2,1-2H3,(H2,18,19,20);1H. The molecule has 2 rings (SSSR count). The van der Waals surface area contributed by atoms with Crippen LogP contribution in [0.4, 0.5) is 0 Å². The molecule has 0 aromatic rings. The highest BCUT2D eigenvalue weighted by molar-refractivity contribution is 14.0. The zero-order chi connectivity index (χ0) is 15.6. The Hall–Kier alpha value is -0.0800. The van der Waals surface area contributed by atoms with Gasteiger partial charge >= 0.3 is 0 Å². The van der Waals surface area contributed by atoms with Crippen molar-refractivity contribution in [3.05, 3.63) is 0 Å². The number of nitrogens with one attached hydrogen (secondary N) is 2. The SMILES string of the molecule is CN=C(NCCCC1CCCCC1)NCC1CN(C)CCO1.I. The molecule has 1 heterocycles. The summed E-state index contributed by atoms with van der Waals surface area (Å²) in [6, 6.07) is 0. The van der Waals surface area contributed by atoms with Gasteiger partial charge in [0.05, 0.1) is 12.7 Å². The van der Waals surface area contributed by atoms with E-state index < -0.39 is 0 Å². The third kappa shape index (κ3) is 8.54. The van der Waals surface area contributed by atoms with Crippen molar-refractivity contribution in [2.24, 2.45) is 10.9 Å². The Bertz CT molecular complexity index is 335. The van der Waals surface area contributed by atoms with Crippen LogP contribution in [-0.4, -0.2) is 63.8 Å². The first kappa shape index (κ1) is 21.0. The molecule has 1 atom stereocenters. The molecule has 5 nitrogen and oxygen atoms in total. The van der Waals surface area contributed by atoms with Crippen LogP contribution in [0.5, 0.6) is 0 Å². The number of halogens is 1. The van der Waals surface area contributed by atoms with Crippen LogP contribution in [0.2, 0.25) is 0 Å². The van der Waals surface area contributed by atoms with Gasteiger partial charge in [0.2, 0.25) is 0 Å². The van der Waals surface area contributed by atoms with Crippen LogP contribution in [0, 0.1) is 5.92 Å². The number of guanidine groups is 1. The number of likely N-dealkylation sites (N-methyl/N-ethyl adjacent to an activating group) is 1. The highest BCUT2D eigenvalue weighted by Crippen LogP contribution is 2.26. The molecule has 1 saturated heterocycles. The molecule has 1 unspecified atom stereocenters. The number of nitrogens with zero attached hydrogens (tertiary/aromatic N) is 2. The van der Waals surface area contributed by atoms with Gasteiger partial charge in [-0.2, -0.15) is 0 Å². The van der Waals surface area contributed by atoms with E-state index in [0.717, 1.165) is 44.7 Å².